The fraction of sp³-hybridized carbons (Fsp3) is 0.133. The Morgan fingerprint density at radius 1 is 1.43 bits per heavy atom. The second-order valence-electron chi connectivity index (χ2n) is 4.43. The Bertz CT molecular complexity index is 758. The van der Waals surface area contributed by atoms with Crippen molar-refractivity contribution < 1.29 is 14.3 Å². The van der Waals surface area contributed by atoms with Gasteiger partial charge in [0, 0.05) is 12.1 Å². The van der Waals surface area contributed by atoms with Crippen molar-refractivity contribution in [2.24, 2.45) is 5.10 Å². The van der Waals surface area contributed by atoms with Crippen LogP contribution in [0, 0.1) is 0 Å². The van der Waals surface area contributed by atoms with Gasteiger partial charge in [0.25, 0.3) is 0 Å². The van der Waals surface area contributed by atoms with Gasteiger partial charge in [0.2, 0.25) is 0 Å². The molecule has 1 aromatic heterocycles. The highest BCUT2D eigenvalue weighted by Crippen LogP contribution is 2.27. The normalized spacial score (nSPS) is 10.7. The van der Waals surface area contributed by atoms with Crippen molar-refractivity contribution in [1.82, 2.24) is 10.7 Å². The minimum Gasteiger partial charge on any atom is -0.478 e. The summed E-state index contributed by atoms with van der Waals surface area (Å²) >= 11 is 10.9. The molecule has 0 amide bonds. The molecule has 0 bridgehead atoms. The fourth-order valence-electron chi connectivity index (χ4n) is 1.77. The molecule has 2 rings (SSSR count). The zero-order valence-corrected chi connectivity index (χ0v) is 13.7. The average Bonchev–Trinajstić information content (AvgIpc) is 2.96. The third-order valence-corrected chi connectivity index (χ3v) is 3.35. The van der Waals surface area contributed by atoms with Crippen LogP contribution in [0.5, 0.6) is 0 Å². The fourth-order valence-corrected chi connectivity index (χ4v) is 2.23. The maximum atomic E-state index is 10.9. The number of carboxylic acids is 1. The van der Waals surface area contributed by atoms with Crippen molar-refractivity contribution >= 4 is 41.1 Å². The minimum absolute atomic E-state index is 0.0462. The monoisotopic (exact) mass is 351 g/mol. The second kappa shape index (κ2) is 7.75. The van der Waals surface area contributed by atoms with Crippen LogP contribution in [0.4, 0.5) is 0 Å². The van der Waals surface area contributed by atoms with Crippen LogP contribution in [0.15, 0.2) is 39.9 Å². The van der Waals surface area contributed by atoms with Crippen molar-refractivity contribution in [2.75, 3.05) is 6.54 Å². The van der Waals surface area contributed by atoms with Gasteiger partial charge in [-0.3, -0.25) is 5.43 Å². The number of nitrogens with zero attached hydrogens (tertiary/aromatic N) is 1. The number of rotatable bonds is 5. The van der Waals surface area contributed by atoms with Crippen molar-refractivity contribution in [3.05, 3.63) is 46.7 Å². The van der Waals surface area contributed by atoms with E-state index >= 15 is 0 Å². The Hall–Kier alpha value is -2.38. The van der Waals surface area contributed by atoms with E-state index < -0.39 is 5.97 Å². The van der Waals surface area contributed by atoms with Gasteiger partial charge in [0.05, 0.1) is 16.8 Å². The maximum absolute atomic E-state index is 10.9. The number of hydrogen-bond acceptors (Lipinski definition) is 4. The van der Waals surface area contributed by atoms with E-state index in [1.54, 1.807) is 24.3 Å². The van der Waals surface area contributed by atoms with Gasteiger partial charge in [-0.15, -0.1) is 0 Å². The first-order chi connectivity index (χ1) is 11.0. The van der Waals surface area contributed by atoms with Crippen LogP contribution in [0.2, 0.25) is 5.02 Å². The molecule has 0 aliphatic carbocycles. The first-order valence-electron chi connectivity index (χ1n) is 6.71. The third-order valence-electron chi connectivity index (χ3n) is 2.81. The molecule has 0 saturated carbocycles. The standard InChI is InChI=1S/C15H14ClN3O3S/c1-2-17-15(23)19-18-8-10-4-6-13(22-10)9-3-5-11(14(20)21)12(16)7-9/h3-8H,2H2,1H3,(H,20,21)(H2,17,19,23)/b18-8+. The lowest BCUT2D eigenvalue weighted by Crippen LogP contribution is -2.31. The number of carbonyl (C=O) groups is 1. The minimum atomic E-state index is -1.07. The molecule has 0 radical (unpaired) electrons. The third kappa shape index (κ3) is 4.54. The zero-order chi connectivity index (χ0) is 16.8. The van der Waals surface area contributed by atoms with Crippen molar-refractivity contribution in [1.29, 1.82) is 0 Å². The Morgan fingerprint density at radius 2 is 2.22 bits per heavy atom. The summed E-state index contributed by atoms with van der Waals surface area (Å²) in [7, 11) is 0. The smallest absolute Gasteiger partial charge is 0.337 e. The average molecular weight is 352 g/mol. The molecule has 2 aromatic rings. The van der Waals surface area contributed by atoms with Crippen molar-refractivity contribution in [3.8, 4) is 11.3 Å². The van der Waals surface area contributed by atoms with Crippen LogP contribution in [-0.4, -0.2) is 28.9 Å². The van der Waals surface area contributed by atoms with Crippen LogP contribution in [0.25, 0.3) is 11.3 Å². The summed E-state index contributed by atoms with van der Waals surface area (Å²) in [6, 6.07) is 8.09. The summed E-state index contributed by atoms with van der Waals surface area (Å²) in [4.78, 5) is 10.9. The Balaban J connectivity index is 2.10. The number of aromatic carboxylic acids is 1. The van der Waals surface area contributed by atoms with Gasteiger partial charge < -0.3 is 14.8 Å². The summed E-state index contributed by atoms with van der Waals surface area (Å²) in [6.45, 7) is 2.64. The van der Waals surface area contributed by atoms with Crippen LogP contribution < -0.4 is 10.7 Å². The maximum Gasteiger partial charge on any atom is 0.337 e. The van der Waals surface area contributed by atoms with Crippen LogP contribution >= 0.6 is 23.8 Å². The van der Waals surface area contributed by atoms with Crippen molar-refractivity contribution in [3.63, 3.8) is 0 Å². The molecule has 0 aliphatic rings. The van der Waals surface area contributed by atoms with Gasteiger partial charge >= 0.3 is 5.97 Å². The predicted molar refractivity (Wildman–Crippen MR) is 93.1 cm³/mol. The van der Waals surface area contributed by atoms with E-state index in [0.29, 0.717) is 28.7 Å². The molecule has 0 atom stereocenters. The number of hydrogen-bond donors (Lipinski definition) is 3. The van der Waals surface area contributed by atoms with E-state index in [9.17, 15) is 4.79 Å². The first-order valence-corrected chi connectivity index (χ1v) is 7.50. The van der Waals surface area contributed by atoms with Crippen molar-refractivity contribution in [2.45, 2.75) is 6.92 Å². The lowest BCUT2D eigenvalue weighted by Gasteiger charge is -2.02. The van der Waals surface area contributed by atoms with Crippen LogP contribution in [-0.2, 0) is 0 Å². The summed E-state index contributed by atoms with van der Waals surface area (Å²) in [5.74, 6) is 0.00123. The van der Waals surface area contributed by atoms with E-state index in [1.165, 1.54) is 12.3 Å². The largest absolute Gasteiger partial charge is 0.478 e. The van der Waals surface area contributed by atoms with Gasteiger partial charge in [0.15, 0.2) is 5.11 Å². The number of nitrogens with one attached hydrogen (secondary N) is 2. The molecule has 0 saturated heterocycles. The molecule has 0 fully saturated rings. The molecule has 1 aromatic carbocycles. The molecule has 0 spiro atoms. The summed E-state index contributed by atoms with van der Waals surface area (Å²) in [5.41, 5.74) is 3.38. The topological polar surface area (TPSA) is 86.9 Å². The number of halogens is 1. The quantitative estimate of drug-likeness (QED) is 0.436. The molecule has 6 nitrogen and oxygen atoms in total. The van der Waals surface area contributed by atoms with Crippen LogP contribution in [0.1, 0.15) is 23.0 Å². The summed E-state index contributed by atoms with van der Waals surface area (Å²) in [6.07, 6.45) is 1.49. The molecule has 0 aliphatic heterocycles. The van der Waals surface area contributed by atoms with E-state index in [2.05, 4.69) is 15.8 Å². The Labute approximate surface area is 143 Å². The number of carboxylic acid groups (broad SMARTS) is 1. The van der Waals surface area contributed by atoms with Gasteiger partial charge in [0.1, 0.15) is 11.5 Å². The molecular weight excluding hydrogens is 338 g/mol. The first kappa shape index (κ1) is 17.0. The summed E-state index contributed by atoms with van der Waals surface area (Å²) in [5, 5.41) is 16.4. The Kier molecular flexibility index (Phi) is 5.72. The molecule has 23 heavy (non-hydrogen) atoms. The van der Waals surface area contributed by atoms with Gasteiger partial charge in [-0.1, -0.05) is 17.7 Å². The molecular formula is C15H14ClN3O3S. The highest BCUT2D eigenvalue weighted by molar-refractivity contribution is 7.80. The van der Waals surface area contributed by atoms with Gasteiger partial charge in [-0.2, -0.15) is 5.10 Å². The molecule has 1 heterocycles. The SMILES string of the molecule is CCNC(=S)N/N=C/c1ccc(-c2ccc(C(=O)O)c(Cl)c2)o1. The summed E-state index contributed by atoms with van der Waals surface area (Å²) < 4.78 is 5.61. The highest BCUT2D eigenvalue weighted by Gasteiger charge is 2.11. The Morgan fingerprint density at radius 3 is 2.87 bits per heavy atom. The van der Waals surface area contributed by atoms with E-state index in [0.717, 1.165) is 0 Å². The van der Waals surface area contributed by atoms with Gasteiger partial charge in [-0.25, -0.2) is 4.79 Å². The van der Waals surface area contributed by atoms with E-state index in [1.807, 2.05) is 6.92 Å². The lowest BCUT2D eigenvalue weighted by atomic mass is 10.1. The molecule has 0 unspecified atom stereocenters. The van der Waals surface area contributed by atoms with E-state index in [4.69, 9.17) is 33.3 Å². The number of furan rings is 1. The number of hydrazone groups is 1. The zero-order valence-electron chi connectivity index (χ0n) is 12.2. The highest BCUT2D eigenvalue weighted by atomic mass is 35.5. The molecule has 3 N–H and O–H groups in total. The second-order valence-corrected chi connectivity index (χ2v) is 5.25. The van der Waals surface area contributed by atoms with Crippen LogP contribution in [0.3, 0.4) is 0 Å². The number of thiocarbonyl (C=S) groups is 1. The number of benzene rings is 1. The molecule has 8 heteroatoms. The molecule has 120 valence electrons. The lowest BCUT2D eigenvalue weighted by molar-refractivity contribution is 0.0697. The predicted octanol–water partition coefficient (Wildman–Crippen LogP) is 3.12. The van der Waals surface area contributed by atoms with E-state index in [-0.39, 0.29) is 10.6 Å². The van der Waals surface area contributed by atoms with Gasteiger partial charge in [-0.05, 0) is 43.4 Å².